The lowest BCUT2D eigenvalue weighted by atomic mass is 10.1. The van der Waals surface area contributed by atoms with Gasteiger partial charge in [-0.05, 0) is 35.4 Å². The van der Waals surface area contributed by atoms with Gasteiger partial charge in [-0.3, -0.25) is 0 Å². The maximum Gasteiger partial charge on any atom is 0.118 e. The molecule has 0 fully saturated rings. The number of halogens is 1. The Hall–Kier alpha value is -0.920. The van der Waals surface area contributed by atoms with E-state index in [2.05, 4.69) is 12.6 Å². The smallest absolute Gasteiger partial charge is 0.118 e. The van der Waals surface area contributed by atoms with E-state index in [0.717, 1.165) is 27.5 Å². The third kappa shape index (κ3) is 2.90. The summed E-state index contributed by atoms with van der Waals surface area (Å²) in [4.78, 5) is 0.847. The van der Waals surface area contributed by atoms with Crippen LogP contribution in [-0.2, 0) is 0 Å². The maximum absolute atomic E-state index is 5.70. The first-order chi connectivity index (χ1) is 8.61. The second-order valence-electron chi connectivity index (χ2n) is 3.74. The summed E-state index contributed by atoms with van der Waals surface area (Å²) in [5, 5.41) is 0. The average molecular weight is 372 g/mol. The van der Waals surface area contributed by atoms with Gasteiger partial charge in [-0.2, -0.15) is 0 Å². The molecule has 0 aromatic heterocycles. The quantitative estimate of drug-likeness (QED) is 0.284. The lowest BCUT2D eigenvalue weighted by Crippen LogP contribution is -2.17. The molecule has 0 aliphatic rings. The molecular formula is C13H13IN2OS. The Balaban J connectivity index is 2.36. The second-order valence-corrected chi connectivity index (χ2v) is 5.26. The minimum Gasteiger partial charge on any atom is -0.497 e. The van der Waals surface area contributed by atoms with Crippen molar-refractivity contribution in [3.05, 3.63) is 42.5 Å². The van der Waals surface area contributed by atoms with Crippen LogP contribution in [0, 0.1) is 0 Å². The Morgan fingerprint density at radius 1 is 1.11 bits per heavy atom. The van der Waals surface area contributed by atoms with E-state index in [0.29, 0.717) is 0 Å². The molecule has 0 bridgehead atoms. The molecule has 2 aromatic rings. The number of hydrogen-bond acceptors (Lipinski definition) is 4. The molecule has 2 rings (SSSR count). The predicted octanol–water partition coefficient (Wildman–Crippen LogP) is 3.68. The van der Waals surface area contributed by atoms with Crippen molar-refractivity contribution in [2.45, 2.75) is 4.90 Å². The van der Waals surface area contributed by atoms with Gasteiger partial charge in [0.25, 0.3) is 0 Å². The van der Waals surface area contributed by atoms with Crippen LogP contribution < -0.4 is 13.8 Å². The van der Waals surface area contributed by atoms with Crippen molar-refractivity contribution >= 4 is 41.2 Å². The van der Waals surface area contributed by atoms with E-state index in [-0.39, 0.29) is 0 Å². The number of nitrogens with zero attached hydrogens (tertiary/aromatic N) is 1. The zero-order valence-electron chi connectivity index (χ0n) is 9.80. The zero-order chi connectivity index (χ0) is 13.1. The van der Waals surface area contributed by atoms with Gasteiger partial charge in [0.2, 0.25) is 0 Å². The summed E-state index contributed by atoms with van der Waals surface area (Å²) in [6.07, 6.45) is 0. The van der Waals surface area contributed by atoms with Gasteiger partial charge in [0.15, 0.2) is 0 Å². The van der Waals surface area contributed by atoms with Crippen molar-refractivity contribution in [3.63, 3.8) is 0 Å². The van der Waals surface area contributed by atoms with E-state index in [1.807, 2.05) is 65.3 Å². The molecule has 94 valence electrons. The number of nitrogens with two attached hydrogens (primary N) is 1. The normalized spacial score (nSPS) is 10.2. The molecule has 2 N–H and O–H groups in total. The van der Waals surface area contributed by atoms with Crippen molar-refractivity contribution in [1.29, 1.82) is 0 Å². The minimum absolute atomic E-state index is 0.847. The number of rotatable bonds is 3. The fourth-order valence-corrected chi connectivity index (χ4v) is 2.60. The first-order valence-corrected chi connectivity index (χ1v) is 6.71. The van der Waals surface area contributed by atoms with Gasteiger partial charge in [-0.25, -0.2) is 9.06 Å². The summed E-state index contributed by atoms with van der Waals surface area (Å²) >= 11 is 6.46. The van der Waals surface area contributed by atoms with Gasteiger partial charge in [-0.15, -0.1) is 12.6 Å². The molecule has 0 amide bonds. The Morgan fingerprint density at radius 3 is 2.22 bits per heavy atom. The van der Waals surface area contributed by atoms with Gasteiger partial charge in [0.1, 0.15) is 5.75 Å². The van der Waals surface area contributed by atoms with E-state index in [1.165, 1.54) is 3.22 Å². The summed E-state index contributed by atoms with van der Waals surface area (Å²) in [7, 11) is 1.66. The van der Waals surface area contributed by atoms with E-state index in [9.17, 15) is 0 Å². The molecule has 0 saturated carbocycles. The van der Waals surface area contributed by atoms with Crippen LogP contribution >= 0.6 is 35.5 Å². The van der Waals surface area contributed by atoms with Gasteiger partial charge in [-0.1, -0.05) is 18.2 Å². The van der Waals surface area contributed by atoms with Gasteiger partial charge in [0.05, 0.1) is 35.7 Å². The molecule has 0 radical (unpaired) electrons. The Bertz CT molecular complexity index is 543. The van der Waals surface area contributed by atoms with Crippen LogP contribution in [0.3, 0.4) is 0 Å². The topological polar surface area (TPSA) is 38.5 Å². The molecule has 0 atom stereocenters. The van der Waals surface area contributed by atoms with Crippen LogP contribution in [0.2, 0.25) is 0 Å². The Kier molecular flexibility index (Phi) is 4.36. The van der Waals surface area contributed by atoms with E-state index >= 15 is 0 Å². The molecule has 0 spiro atoms. The molecule has 0 saturated heterocycles. The van der Waals surface area contributed by atoms with Gasteiger partial charge < -0.3 is 4.74 Å². The number of benzene rings is 2. The molecule has 2 aromatic carbocycles. The number of anilines is 1. The summed E-state index contributed by atoms with van der Waals surface area (Å²) in [5.74, 6) is 6.54. The van der Waals surface area contributed by atoms with Crippen LogP contribution in [-0.4, -0.2) is 7.11 Å². The van der Waals surface area contributed by atoms with E-state index < -0.39 is 0 Å². The highest BCUT2D eigenvalue weighted by atomic mass is 127. The SMILES string of the molecule is COc1ccc(-c2ccc(N(N)I)c(S)c2)cc1. The number of hydrogen-bond donors (Lipinski definition) is 2. The minimum atomic E-state index is 0.847. The summed E-state index contributed by atoms with van der Waals surface area (Å²) in [6.45, 7) is 0. The number of thiol groups is 1. The monoisotopic (exact) mass is 372 g/mol. The summed E-state index contributed by atoms with van der Waals surface area (Å²) < 4.78 is 6.67. The molecule has 0 aliphatic carbocycles. The van der Waals surface area contributed by atoms with Crippen molar-refractivity contribution in [3.8, 4) is 16.9 Å². The largest absolute Gasteiger partial charge is 0.497 e. The molecule has 3 nitrogen and oxygen atoms in total. The number of hydrazine groups is 1. The fourth-order valence-electron chi connectivity index (χ4n) is 1.67. The van der Waals surface area contributed by atoms with E-state index in [1.54, 1.807) is 7.11 Å². The molecule has 5 heteroatoms. The zero-order valence-corrected chi connectivity index (χ0v) is 12.9. The Labute approximate surface area is 126 Å². The van der Waals surface area contributed by atoms with E-state index in [4.69, 9.17) is 10.6 Å². The highest BCUT2D eigenvalue weighted by Crippen LogP contribution is 2.30. The van der Waals surface area contributed by atoms with Crippen LogP contribution in [0.1, 0.15) is 0 Å². The average Bonchev–Trinajstić information content (AvgIpc) is 2.38. The van der Waals surface area contributed by atoms with Gasteiger partial charge >= 0.3 is 0 Å². The summed E-state index contributed by atoms with van der Waals surface area (Å²) in [5.41, 5.74) is 3.11. The lowest BCUT2D eigenvalue weighted by molar-refractivity contribution is 0.415. The van der Waals surface area contributed by atoms with Crippen LogP contribution in [0.25, 0.3) is 11.1 Å². The maximum atomic E-state index is 5.70. The first kappa shape index (κ1) is 13.5. The fraction of sp³-hybridized carbons (Fsp3) is 0.0769. The predicted molar refractivity (Wildman–Crippen MR) is 86.4 cm³/mol. The van der Waals surface area contributed by atoms with Crippen LogP contribution in [0.15, 0.2) is 47.4 Å². The number of methoxy groups -OCH3 is 1. The number of ether oxygens (including phenoxy) is 1. The van der Waals surface area contributed by atoms with Crippen molar-refractivity contribution < 1.29 is 4.74 Å². The second kappa shape index (κ2) is 5.81. The van der Waals surface area contributed by atoms with Crippen LogP contribution in [0.4, 0.5) is 5.69 Å². The Morgan fingerprint density at radius 2 is 1.72 bits per heavy atom. The van der Waals surface area contributed by atoms with Crippen molar-refractivity contribution in [2.24, 2.45) is 5.84 Å². The standard InChI is InChI=1S/C13H13IN2OS/c1-17-11-5-2-9(3-6-11)10-4-7-12(16(14)15)13(18)8-10/h2-8,18H,15H2,1H3. The molecule has 18 heavy (non-hydrogen) atoms. The first-order valence-electron chi connectivity index (χ1n) is 5.30. The third-order valence-electron chi connectivity index (χ3n) is 2.63. The molecule has 0 unspecified atom stereocenters. The molecular weight excluding hydrogens is 359 g/mol. The van der Waals surface area contributed by atoms with Crippen LogP contribution in [0.5, 0.6) is 5.75 Å². The molecule has 0 heterocycles. The highest BCUT2D eigenvalue weighted by Gasteiger charge is 2.05. The van der Waals surface area contributed by atoms with Crippen molar-refractivity contribution in [2.75, 3.05) is 10.3 Å². The summed E-state index contributed by atoms with van der Waals surface area (Å²) in [6, 6.07) is 13.9. The van der Waals surface area contributed by atoms with Crippen molar-refractivity contribution in [1.82, 2.24) is 0 Å². The third-order valence-corrected chi connectivity index (χ3v) is 3.51. The van der Waals surface area contributed by atoms with Gasteiger partial charge in [0, 0.05) is 4.90 Å². The lowest BCUT2D eigenvalue weighted by Gasteiger charge is -2.13. The highest BCUT2D eigenvalue weighted by molar-refractivity contribution is 14.1. The molecule has 0 aliphatic heterocycles.